The van der Waals surface area contributed by atoms with Crippen LogP contribution in [-0.4, -0.2) is 81.7 Å². The van der Waals surface area contributed by atoms with E-state index in [0.29, 0.717) is 29.6 Å². The van der Waals surface area contributed by atoms with Gasteiger partial charge in [0.2, 0.25) is 12.1 Å². The third-order valence-corrected chi connectivity index (χ3v) is 11.7. The first-order valence-electron chi connectivity index (χ1n) is 19.1. The molecule has 2 fully saturated rings. The van der Waals surface area contributed by atoms with Crippen molar-refractivity contribution in [2.24, 2.45) is 5.92 Å². The number of amides is 2. The van der Waals surface area contributed by atoms with Gasteiger partial charge >= 0.3 is 13.2 Å². The number of nitrogens with zero attached hydrogens (tertiary/aromatic N) is 3. The van der Waals surface area contributed by atoms with Gasteiger partial charge in [0.15, 0.2) is 0 Å². The number of carboxylic acid groups (broad SMARTS) is 1. The Morgan fingerprint density at radius 3 is 2.36 bits per heavy atom. The van der Waals surface area contributed by atoms with Gasteiger partial charge in [-0.25, -0.2) is 9.78 Å². The van der Waals surface area contributed by atoms with Crippen molar-refractivity contribution in [3.63, 3.8) is 0 Å². The van der Waals surface area contributed by atoms with Crippen molar-refractivity contribution in [1.82, 2.24) is 24.8 Å². The van der Waals surface area contributed by atoms with Crippen LogP contribution < -0.4 is 25.0 Å². The predicted molar refractivity (Wildman–Crippen MR) is 212 cm³/mol. The molecule has 5 aromatic rings. The second-order valence-electron chi connectivity index (χ2n) is 16.2. The molecule has 0 bridgehead atoms. The van der Waals surface area contributed by atoms with Gasteiger partial charge in [-0.2, -0.15) is 0 Å². The summed E-state index contributed by atoms with van der Waals surface area (Å²) in [7, 11) is 2.76. The quantitative estimate of drug-likeness (QED) is 0.136. The van der Waals surface area contributed by atoms with Crippen molar-refractivity contribution in [3.05, 3.63) is 78.2 Å². The van der Waals surface area contributed by atoms with Crippen LogP contribution in [0.15, 0.2) is 66.9 Å². The maximum atomic E-state index is 13.6. The van der Waals surface area contributed by atoms with Crippen LogP contribution >= 0.6 is 0 Å². The molecule has 56 heavy (non-hydrogen) atoms. The molecule has 292 valence electrons. The van der Waals surface area contributed by atoms with Crippen LogP contribution in [0.1, 0.15) is 78.0 Å². The Kier molecular flexibility index (Phi) is 9.32. The van der Waals surface area contributed by atoms with Gasteiger partial charge in [0.1, 0.15) is 29.1 Å². The Morgan fingerprint density at radius 1 is 0.982 bits per heavy atom. The van der Waals surface area contributed by atoms with Gasteiger partial charge in [-0.05, 0) is 88.3 Å². The van der Waals surface area contributed by atoms with E-state index in [1.54, 1.807) is 25.3 Å². The van der Waals surface area contributed by atoms with Gasteiger partial charge in [-0.1, -0.05) is 32.0 Å². The third-order valence-electron chi connectivity index (χ3n) is 11.7. The van der Waals surface area contributed by atoms with Gasteiger partial charge in [0, 0.05) is 34.7 Å². The number of hydrogen-bond donors (Lipinski definition) is 3. The zero-order valence-corrected chi connectivity index (χ0v) is 33.0. The first-order chi connectivity index (χ1) is 26.7. The SMILES string of the molecule is COc1cc(OC)cc(C2Oc3cc(-c4cnc(C5CCCN5C(=O)[C@@H](NC(=O)O)C(C)C)[nH]4)ccc3-c3cc4cc(B5OC(C)(C)C(C)(C)O5)ccc4n32)c1. The van der Waals surface area contributed by atoms with E-state index in [9.17, 15) is 14.7 Å². The van der Waals surface area contributed by atoms with Crippen molar-refractivity contribution < 1.29 is 38.2 Å². The van der Waals surface area contributed by atoms with E-state index in [1.165, 1.54) is 0 Å². The molecule has 13 nitrogen and oxygen atoms in total. The predicted octanol–water partition coefficient (Wildman–Crippen LogP) is 6.91. The molecular weight excluding hydrogens is 713 g/mol. The van der Waals surface area contributed by atoms with Crippen molar-refractivity contribution in [2.45, 2.75) is 83.9 Å². The summed E-state index contributed by atoms with van der Waals surface area (Å²) in [6.07, 6.45) is 1.49. The second kappa shape index (κ2) is 13.9. The largest absolute Gasteiger partial charge is 0.497 e. The summed E-state index contributed by atoms with van der Waals surface area (Å²) in [6.45, 7) is 12.4. The molecule has 2 aromatic heterocycles. The number of carbonyl (C=O) groups is 2. The number of likely N-dealkylation sites (tertiary alicyclic amines) is 1. The summed E-state index contributed by atoms with van der Waals surface area (Å²) in [5.74, 6) is 2.17. The molecule has 2 amide bonds. The summed E-state index contributed by atoms with van der Waals surface area (Å²) in [6, 6.07) is 19.2. The summed E-state index contributed by atoms with van der Waals surface area (Å²) in [5, 5.41) is 12.8. The summed E-state index contributed by atoms with van der Waals surface area (Å²) in [4.78, 5) is 35.0. The van der Waals surface area contributed by atoms with Crippen molar-refractivity contribution >= 4 is 35.5 Å². The fourth-order valence-corrected chi connectivity index (χ4v) is 7.99. The number of ether oxygens (including phenoxy) is 3. The number of fused-ring (bicyclic) bond motifs is 5. The number of hydrogen-bond acceptors (Lipinski definition) is 8. The van der Waals surface area contributed by atoms with E-state index in [2.05, 4.69) is 72.9 Å². The molecule has 0 radical (unpaired) electrons. The lowest BCUT2D eigenvalue weighted by Gasteiger charge is -2.32. The second-order valence-corrected chi connectivity index (χ2v) is 16.2. The molecule has 3 aliphatic heterocycles. The van der Waals surface area contributed by atoms with Gasteiger partial charge < -0.3 is 48.4 Å². The summed E-state index contributed by atoms with van der Waals surface area (Å²) >= 11 is 0. The highest BCUT2D eigenvalue weighted by atomic mass is 16.7. The number of methoxy groups -OCH3 is 2. The zero-order valence-electron chi connectivity index (χ0n) is 33.0. The van der Waals surface area contributed by atoms with Crippen LogP contribution in [0.25, 0.3) is 33.4 Å². The summed E-state index contributed by atoms with van der Waals surface area (Å²) < 4.78 is 33.3. The third kappa shape index (κ3) is 6.44. The Bertz CT molecular complexity index is 2290. The lowest BCUT2D eigenvalue weighted by atomic mass is 9.78. The minimum atomic E-state index is -1.22. The van der Waals surface area contributed by atoms with Crippen LogP contribution in [0.2, 0.25) is 0 Å². The molecule has 3 N–H and O–H groups in total. The molecule has 3 atom stereocenters. The lowest BCUT2D eigenvalue weighted by Crippen LogP contribution is -2.50. The molecule has 2 saturated heterocycles. The molecule has 5 heterocycles. The maximum absolute atomic E-state index is 13.6. The van der Waals surface area contributed by atoms with Crippen LogP contribution in [0.4, 0.5) is 4.79 Å². The first kappa shape index (κ1) is 37.5. The molecule has 0 saturated carbocycles. The van der Waals surface area contributed by atoms with Crippen molar-refractivity contribution in [3.8, 4) is 39.8 Å². The van der Waals surface area contributed by atoms with E-state index in [-0.39, 0.29) is 17.9 Å². The highest BCUT2D eigenvalue weighted by Gasteiger charge is 2.52. The Morgan fingerprint density at radius 2 is 1.70 bits per heavy atom. The standard InChI is InChI=1S/C42H48BN5O8/c1-23(2)36(46-40(50)51)38(49)47-15-9-10-33(47)37-44-22-31(45-37)24-11-13-30-34-19-25-16-27(43-55-41(3,4)42(5,6)56-43)12-14-32(25)48(34)39(54-35(30)20-24)26-17-28(52-7)21-29(18-26)53-8/h11-14,16-23,33,36,39,46H,9-10,15H2,1-8H3,(H,44,45)(H,50,51)/t33?,36-,39?/m0/s1. The number of aromatic amines is 1. The molecule has 8 rings (SSSR count). The zero-order chi connectivity index (χ0) is 39.7. The normalized spacial score (nSPS) is 20.1. The van der Waals surface area contributed by atoms with E-state index >= 15 is 0 Å². The number of aromatic nitrogens is 3. The summed E-state index contributed by atoms with van der Waals surface area (Å²) in [5.41, 5.74) is 5.36. The van der Waals surface area contributed by atoms with Crippen LogP contribution in [-0.2, 0) is 14.1 Å². The average molecular weight is 762 g/mol. The Hall–Kier alpha value is -5.47. The topological polar surface area (TPSA) is 149 Å². The van der Waals surface area contributed by atoms with Gasteiger partial charge in [0.25, 0.3) is 0 Å². The lowest BCUT2D eigenvalue weighted by molar-refractivity contribution is -0.135. The Labute approximate surface area is 326 Å². The van der Waals surface area contributed by atoms with Gasteiger partial charge in [-0.3, -0.25) is 4.79 Å². The number of imidazole rings is 1. The van der Waals surface area contributed by atoms with Gasteiger partial charge in [-0.15, -0.1) is 0 Å². The number of carbonyl (C=O) groups excluding carboxylic acids is 1. The smallest absolute Gasteiger partial charge is 0.494 e. The molecular formula is C42H48BN5O8. The van der Waals surface area contributed by atoms with Crippen LogP contribution in [0, 0.1) is 5.92 Å². The maximum Gasteiger partial charge on any atom is 0.494 e. The highest BCUT2D eigenvalue weighted by molar-refractivity contribution is 6.62. The van der Waals surface area contributed by atoms with E-state index in [1.807, 2.05) is 44.2 Å². The number of nitrogens with one attached hydrogen (secondary N) is 2. The number of H-pyrrole nitrogens is 1. The number of benzene rings is 3. The molecule has 0 spiro atoms. The monoisotopic (exact) mass is 761 g/mol. The first-order valence-corrected chi connectivity index (χ1v) is 19.1. The van der Waals surface area contributed by atoms with Crippen molar-refractivity contribution in [2.75, 3.05) is 20.8 Å². The Balaban J connectivity index is 1.17. The molecule has 3 aromatic carbocycles. The minimum absolute atomic E-state index is 0.208. The highest BCUT2D eigenvalue weighted by Crippen LogP contribution is 2.47. The van der Waals surface area contributed by atoms with E-state index in [0.717, 1.165) is 57.3 Å². The fraction of sp³-hybridized carbons (Fsp3) is 0.405. The van der Waals surface area contributed by atoms with E-state index < -0.39 is 36.7 Å². The van der Waals surface area contributed by atoms with E-state index in [4.69, 9.17) is 28.5 Å². The number of rotatable bonds is 9. The molecule has 3 aliphatic rings. The average Bonchev–Trinajstić information content (AvgIpc) is 3.97. The van der Waals surface area contributed by atoms with Gasteiger partial charge in [0.05, 0.1) is 54.6 Å². The molecule has 0 aliphatic carbocycles. The fourth-order valence-electron chi connectivity index (χ4n) is 7.99. The van der Waals surface area contributed by atoms with Crippen LogP contribution in [0.5, 0.6) is 17.2 Å². The van der Waals surface area contributed by atoms with Crippen molar-refractivity contribution in [1.29, 1.82) is 0 Å². The molecule has 2 unspecified atom stereocenters. The minimum Gasteiger partial charge on any atom is -0.497 e. The van der Waals surface area contributed by atoms with Crippen LogP contribution in [0.3, 0.4) is 0 Å². The molecule has 14 heteroatoms.